The summed E-state index contributed by atoms with van der Waals surface area (Å²) in [4.78, 5) is 13.3. The van der Waals surface area contributed by atoms with Crippen LogP contribution in [0.5, 0.6) is 0 Å². The van der Waals surface area contributed by atoms with Crippen LogP contribution >= 0.6 is 11.3 Å². The largest absolute Gasteiger partial charge is 0.349 e. The minimum absolute atomic E-state index is 0.00255. The molecule has 1 heterocycles. The van der Waals surface area contributed by atoms with E-state index in [0.717, 1.165) is 17.5 Å². The normalized spacial score (nSPS) is 12.1. The Hall–Kier alpha value is -1.61. The lowest BCUT2D eigenvalue weighted by atomic mass is 10.1. The van der Waals surface area contributed by atoms with Gasteiger partial charge < -0.3 is 5.32 Å². The molecule has 94 valence electrons. The summed E-state index contributed by atoms with van der Waals surface area (Å²) in [6.07, 6.45) is 0.884. The molecule has 1 unspecified atom stereocenters. The van der Waals surface area contributed by atoms with E-state index in [4.69, 9.17) is 0 Å². The molecule has 0 saturated carbocycles. The Kier molecular flexibility index (Phi) is 4.15. The van der Waals surface area contributed by atoms with E-state index in [1.807, 2.05) is 44.2 Å². The van der Waals surface area contributed by atoms with Crippen molar-refractivity contribution in [3.05, 3.63) is 57.8 Å². The Morgan fingerprint density at radius 3 is 2.83 bits per heavy atom. The van der Waals surface area contributed by atoms with Crippen molar-refractivity contribution in [3.8, 4) is 0 Å². The third-order valence-electron chi connectivity index (χ3n) is 2.75. The molecule has 0 fully saturated rings. The molecule has 2 aromatic rings. The maximum Gasteiger partial charge on any atom is 0.251 e. The average molecular weight is 259 g/mol. The number of thiophene rings is 1. The predicted octanol–water partition coefficient (Wildman–Crippen LogP) is 3.42. The predicted molar refractivity (Wildman–Crippen MR) is 76.1 cm³/mol. The molecular weight excluding hydrogens is 242 g/mol. The van der Waals surface area contributed by atoms with Crippen molar-refractivity contribution in [2.45, 2.75) is 26.3 Å². The summed E-state index contributed by atoms with van der Waals surface area (Å²) in [5, 5.41) is 5.09. The molecule has 0 aliphatic carbocycles. The SMILES string of the molecule is Cc1cccc(C(=O)NC(C)Cc2cccs2)c1. The molecule has 1 aromatic carbocycles. The molecule has 1 N–H and O–H groups in total. The zero-order chi connectivity index (χ0) is 13.0. The number of benzene rings is 1. The molecule has 2 rings (SSSR count). The highest BCUT2D eigenvalue weighted by Crippen LogP contribution is 2.11. The van der Waals surface area contributed by atoms with Gasteiger partial charge in [0, 0.05) is 22.9 Å². The molecule has 0 bridgehead atoms. The highest BCUT2D eigenvalue weighted by Gasteiger charge is 2.10. The number of carbonyl (C=O) groups excluding carboxylic acids is 1. The highest BCUT2D eigenvalue weighted by molar-refractivity contribution is 7.09. The van der Waals surface area contributed by atoms with E-state index in [1.54, 1.807) is 11.3 Å². The maximum atomic E-state index is 12.0. The summed E-state index contributed by atoms with van der Waals surface area (Å²) < 4.78 is 0. The lowest BCUT2D eigenvalue weighted by molar-refractivity contribution is 0.0940. The number of nitrogens with one attached hydrogen (secondary N) is 1. The highest BCUT2D eigenvalue weighted by atomic mass is 32.1. The zero-order valence-electron chi connectivity index (χ0n) is 10.6. The second-order valence-electron chi connectivity index (χ2n) is 4.53. The van der Waals surface area contributed by atoms with E-state index in [9.17, 15) is 4.79 Å². The number of carbonyl (C=O) groups is 1. The van der Waals surface area contributed by atoms with Crippen molar-refractivity contribution < 1.29 is 4.79 Å². The van der Waals surface area contributed by atoms with Crippen LogP contribution in [-0.2, 0) is 6.42 Å². The fraction of sp³-hybridized carbons (Fsp3) is 0.267. The molecule has 2 nitrogen and oxygen atoms in total. The molecule has 1 amide bonds. The minimum Gasteiger partial charge on any atom is -0.349 e. The first kappa shape index (κ1) is 12.8. The Labute approximate surface area is 112 Å². The van der Waals surface area contributed by atoms with Crippen molar-refractivity contribution in [1.82, 2.24) is 5.32 Å². The first-order chi connectivity index (χ1) is 8.65. The third kappa shape index (κ3) is 3.44. The topological polar surface area (TPSA) is 29.1 Å². The summed E-state index contributed by atoms with van der Waals surface area (Å²) in [5.41, 5.74) is 1.83. The van der Waals surface area contributed by atoms with E-state index in [0.29, 0.717) is 0 Å². The fourth-order valence-corrected chi connectivity index (χ4v) is 2.71. The molecule has 0 radical (unpaired) electrons. The second kappa shape index (κ2) is 5.83. The van der Waals surface area contributed by atoms with Gasteiger partial charge in [-0.15, -0.1) is 11.3 Å². The van der Waals surface area contributed by atoms with Crippen LogP contribution in [0.3, 0.4) is 0 Å². The van der Waals surface area contributed by atoms with E-state index >= 15 is 0 Å². The van der Waals surface area contributed by atoms with Crippen molar-refractivity contribution in [2.75, 3.05) is 0 Å². The van der Waals surface area contributed by atoms with Crippen LogP contribution < -0.4 is 5.32 Å². The van der Waals surface area contributed by atoms with Crippen LogP contribution in [0.15, 0.2) is 41.8 Å². The van der Waals surface area contributed by atoms with Gasteiger partial charge in [0.1, 0.15) is 0 Å². The van der Waals surface area contributed by atoms with Gasteiger partial charge in [0.15, 0.2) is 0 Å². The van der Waals surface area contributed by atoms with Crippen molar-refractivity contribution in [3.63, 3.8) is 0 Å². The zero-order valence-corrected chi connectivity index (χ0v) is 11.5. The minimum atomic E-state index is 0.00255. The van der Waals surface area contributed by atoms with Crippen LogP contribution in [0, 0.1) is 6.92 Å². The Balaban J connectivity index is 1.95. The van der Waals surface area contributed by atoms with E-state index < -0.39 is 0 Å². The average Bonchev–Trinajstić information content (AvgIpc) is 2.81. The first-order valence-electron chi connectivity index (χ1n) is 6.05. The number of hydrogen-bond acceptors (Lipinski definition) is 2. The van der Waals surface area contributed by atoms with Crippen LogP contribution in [0.25, 0.3) is 0 Å². The van der Waals surface area contributed by atoms with E-state index in [2.05, 4.69) is 16.8 Å². The lowest BCUT2D eigenvalue weighted by Gasteiger charge is -2.13. The molecule has 1 atom stereocenters. The maximum absolute atomic E-state index is 12.0. The van der Waals surface area contributed by atoms with Gasteiger partial charge in [0.2, 0.25) is 0 Å². The van der Waals surface area contributed by atoms with Crippen molar-refractivity contribution in [2.24, 2.45) is 0 Å². The van der Waals surface area contributed by atoms with Gasteiger partial charge in [0.25, 0.3) is 5.91 Å². The van der Waals surface area contributed by atoms with Crippen LogP contribution in [0.2, 0.25) is 0 Å². The van der Waals surface area contributed by atoms with Gasteiger partial charge in [-0.05, 0) is 37.4 Å². The van der Waals surface area contributed by atoms with Gasteiger partial charge in [-0.1, -0.05) is 23.8 Å². The van der Waals surface area contributed by atoms with Gasteiger partial charge in [-0.2, -0.15) is 0 Å². The molecule has 18 heavy (non-hydrogen) atoms. The standard InChI is InChI=1S/C15H17NOS/c1-11-5-3-6-13(9-11)15(17)16-12(2)10-14-7-4-8-18-14/h3-9,12H,10H2,1-2H3,(H,16,17). The van der Waals surface area contributed by atoms with Crippen LogP contribution in [0.1, 0.15) is 27.7 Å². The van der Waals surface area contributed by atoms with Gasteiger partial charge in [-0.25, -0.2) is 0 Å². The van der Waals surface area contributed by atoms with Gasteiger partial charge in [0.05, 0.1) is 0 Å². The molecule has 0 aliphatic heterocycles. The molecule has 1 aromatic heterocycles. The van der Waals surface area contributed by atoms with Gasteiger partial charge in [-0.3, -0.25) is 4.79 Å². The molecule has 0 aliphatic rings. The van der Waals surface area contributed by atoms with E-state index in [-0.39, 0.29) is 11.9 Å². The third-order valence-corrected chi connectivity index (χ3v) is 3.64. The summed E-state index contributed by atoms with van der Waals surface area (Å²) in [6, 6.07) is 11.9. The van der Waals surface area contributed by atoms with Crippen molar-refractivity contribution in [1.29, 1.82) is 0 Å². The number of rotatable bonds is 4. The monoisotopic (exact) mass is 259 g/mol. The molecule has 0 spiro atoms. The number of aryl methyl sites for hydroxylation is 1. The Morgan fingerprint density at radius 2 is 2.17 bits per heavy atom. The van der Waals surface area contributed by atoms with Crippen molar-refractivity contribution >= 4 is 17.2 Å². The summed E-state index contributed by atoms with van der Waals surface area (Å²) >= 11 is 1.73. The van der Waals surface area contributed by atoms with Gasteiger partial charge >= 0.3 is 0 Å². The van der Waals surface area contributed by atoms with Crippen LogP contribution in [0.4, 0.5) is 0 Å². The summed E-state index contributed by atoms with van der Waals surface area (Å²) in [6.45, 7) is 4.03. The summed E-state index contributed by atoms with van der Waals surface area (Å²) in [7, 11) is 0. The fourth-order valence-electron chi connectivity index (χ4n) is 1.87. The Morgan fingerprint density at radius 1 is 1.33 bits per heavy atom. The van der Waals surface area contributed by atoms with Crippen LogP contribution in [-0.4, -0.2) is 11.9 Å². The smallest absolute Gasteiger partial charge is 0.251 e. The Bertz CT molecular complexity index is 519. The molecule has 3 heteroatoms. The second-order valence-corrected chi connectivity index (χ2v) is 5.56. The first-order valence-corrected chi connectivity index (χ1v) is 6.93. The lowest BCUT2D eigenvalue weighted by Crippen LogP contribution is -2.33. The van der Waals surface area contributed by atoms with E-state index in [1.165, 1.54) is 4.88 Å². The quantitative estimate of drug-likeness (QED) is 0.895. The molecule has 0 saturated heterocycles. The number of hydrogen-bond donors (Lipinski definition) is 1. The summed E-state index contributed by atoms with van der Waals surface area (Å²) in [5.74, 6) is 0.00255. The number of amides is 1. The molecular formula is C15H17NOS.